The van der Waals surface area contributed by atoms with Crippen molar-refractivity contribution in [2.45, 2.75) is 20.0 Å². The van der Waals surface area contributed by atoms with Crippen LogP contribution >= 0.6 is 39.1 Å². The predicted octanol–water partition coefficient (Wildman–Crippen LogP) is 4.58. The highest BCUT2D eigenvalue weighted by Crippen LogP contribution is 2.34. The molecule has 0 fully saturated rings. The Bertz CT molecular complexity index is 531. The monoisotopic (exact) mass is 347 g/mol. The minimum Gasteiger partial charge on any atom is -0.377 e. The van der Waals surface area contributed by atoms with Gasteiger partial charge in [-0.1, -0.05) is 39.1 Å². The first-order valence-corrected chi connectivity index (χ1v) is 7.05. The van der Waals surface area contributed by atoms with Gasteiger partial charge in [-0.25, -0.2) is 0 Å². The summed E-state index contributed by atoms with van der Waals surface area (Å²) in [6.45, 7) is 3.52. The van der Waals surface area contributed by atoms with Crippen molar-refractivity contribution in [1.82, 2.24) is 9.78 Å². The average molecular weight is 349 g/mol. The highest BCUT2D eigenvalue weighted by molar-refractivity contribution is 9.10. The number of halogens is 3. The fraction of sp³-hybridized carbons (Fsp3) is 0.250. The smallest absolute Gasteiger partial charge is 0.0722 e. The number of nitrogens with zero attached hydrogens (tertiary/aromatic N) is 2. The van der Waals surface area contributed by atoms with Crippen LogP contribution in [0.25, 0.3) is 0 Å². The lowest BCUT2D eigenvalue weighted by molar-refractivity contribution is 0.627. The molecule has 2 rings (SSSR count). The molecule has 0 aliphatic rings. The van der Waals surface area contributed by atoms with E-state index >= 15 is 0 Å². The molecule has 0 amide bonds. The number of benzene rings is 1. The lowest BCUT2D eigenvalue weighted by Crippen LogP contribution is -2.08. The van der Waals surface area contributed by atoms with Crippen molar-refractivity contribution in [2.24, 2.45) is 0 Å². The van der Waals surface area contributed by atoms with Gasteiger partial charge >= 0.3 is 0 Å². The van der Waals surface area contributed by atoms with Crippen molar-refractivity contribution in [3.63, 3.8) is 0 Å². The van der Waals surface area contributed by atoms with Crippen molar-refractivity contribution in [1.29, 1.82) is 0 Å². The first-order valence-electron chi connectivity index (χ1n) is 5.51. The number of hydrogen-bond acceptors (Lipinski definition) is 2. The number of aryl methyl sites for hydroxylation is 1. The zero-order valence-electron chi connectivity index (χ0n) is 9.75. The van der Waals surface area contributed by atoms with Crippen molar-refractivity contribution in [2.75, 3.05) is 5.32 Å². The lowest BCUT2D eigenvalue weighted by Gasteiger charge is -2.11. The number of rotatable bonds is 4. The molecular weight excluding hydrogens is 337 g/mol. The Balaban J connectivity index is 2.16. The molecule has 0 unspecified atom stereocenters. The van der Waals surface area contributed by atoms with Crippen LogP contribution in [0.2, 0.25) is 10.0 Å². The zero-order valence-corrected chi connectivity index (χ0v) is 12.8. The van der Waals surface area contributed by atoms with Crippen molar-refractivity contribution in [3.8, 4) is 0 Å². The summed E-state index contributed by atoms with van der Waals surface area (Å²) in [5.41, 5.74) is 1.83. The quantitative estimate of drug-likeness (QED) is 0.876. The van der Waals surface area contributed by atoms with E-state index in [-0.39, 0.29) is 0 Å². The molecular formula is C12H12BrCl2N3. The van der Waals surface area contributed by atoms with Gasteiger partial charge in [-0.2, -0.15) is 5.10 Å². The molecule has 0 radical (unpaired) electrons. The second-order valence-electron chi connectivity index (χ2n) is 3.74. The molecule has 3 nitrogen and oxygen atoms in total. The van der Waals surface area contributed by atoms with E-state index in [0.717, 1.165) is 22.4 Å². The van der Waals surface area contributed by atoms with Gasteiger partial charge in [-0.15, -0.1) is 0 Å². The lowest BCUT2D eigenvalue weighted by atomic mass is 10.3. The van der Waals surface area contributed by atoms with Crippen LogP contribution < -0.4 is 5.32 Å². The van der Waals surface area contributed by atoms with Gasteiger partial charge in [0.05, 0.1) is 28.0 Å². The third kappa shape index (κ3) is 2.99. The maximum absolute atomic E-state index is 6.15. The van der Waals surface area contributed by atoms with E-state index in [1.165, 1.54) is 0 Å². The largest absolute Gasteiger partial charge is 0.377 e. The average Bonchev–Trinajstić information content (AvgIpc) is 2.75. The molecule has 6 heteroatoms. The Labute approximate surface area is 124 Å². The molecule has 1 aromatic heterocycles. The Morgan fingerprint density at radius 3 is 2.61 bits per heavy atom. The van der Waals surface area contributed by atoms with Crippen molar-refractivity contribution >= 4 is 44.8 Å². The molecule has 0 spiro atoms. The second kappa shape index (κ2) is 5.95. The molecule has 1 aromatic carbocycles. The van der Waals surface area contributed by atoms with Crippen LogP contribution in [-0.4, -0.2) is 9.78 Å². The molecule has 18 heavy (non-hydrogen) atoms. The van der Waals surface area contributed by atoms with Gasteiger partial charge in [-0.05, 0) is 25.1 Å². The summed E-state index contributed by atoms with van der Waals surface area (Å²) in [5, 5.41) is 8.64. The topological polar surface area (TPSA) is 29.9 Å². The van der Waals surface area contributed by atoms with Crippen LogP contribution in [0.4, 0.5) is 5.69 Å². The summed E-state index contributed by atoms with van der Waals surface area (Å²) in [7, 11) is 0. The van der Waals surface area contributed by atoms with E-state index in [1.54, 1.807) is 6.20 Å². The summed E-state index contributed by atoms with van der Waals surface area (Å²) in [5.74, 6) is 0. The SMILES string of the molecule is CCn1nccc1CNc1c(Cl)cc(Br)cc1Cl. The first-order chi connectivity index (χ1) is 8.61. The fourth-order valence-electron chi connectivity index (χ4n) is 1.68. The predicted molar refractivity (Wildman–Crippen MR) is 79.4 cm³/mol. The summed E-state index contributed by atoms with van der Waals surface area (Å²) < 4.78 is 2.79. The highest BCUT2D eigenvalue weighted by Gasteiger charge is 2.08. The van der Waals surface area contributed by atoms with E-state index in [1.807, 2.05) is 22.9 Å². The normalized spacial score (nSPS) is 10.7. The van der Waals surface area contributed by atoms with Crippen LogP contribution in [0.1, 0.15) is 12.6 Å². The Kier molecular flexibility index (Phi) is 4.54. The highest BCUT2D eigenvalue weighted by atomic mass is 79.9. The number of nitrogens with one attached hydrogen (secondary N) is 1. The number of aromatic nitrogens is 2. The van der Waals surface area contributed by atoms with Crippen LogP contribution in [0.15, 0.2) is 28.9 Å². The van der Waals surface area contributed by atoms with E-state index in [4.69, 9.17) is 23.2 Å². The van der Waals surface area contributed by atoms with E-state index in [2.05, 4.69) is 33.3 Å². The molecule has 0 bridgehead atoms. The summed E-state index contributed by atoms with van der Waals surface area (Å²) >= 11 is 15.6. The minimum atomic E-state index is 0.594. The zero-order chi connectivity index (χ0) is 13.1. The van der Waals surface area contributed by atoms with Crippen LogP contribution in [0.3, 0.4) is 0 Å². The standard InChI is InChI=1S/C12H12BrCl2N3/c1-2-18-9(3-4-17-18)7-16-12-10(14)5-8(13)6-11(12)15/h3-6,16H,2,7H2,1H3. The van der Waals surface area contributed by atoms with Crippen molar-refractivity contribution in [3.05, 3.63) is 44.6 Å². The molecule has 96 valence electrons. The fourth-order valence-corrected chi connectivity index (χ4v) is 3.03. The molecule has 0 aliphatic carbocycles. The Hall–Kier alpha value is -0.710. The maximum Gasteiger partial charge on any atom is 0.0722 e. The second-order valence-corrected chi connectivity index (χ2v) is 5.47. The van der Waals surface area contributed by atoms with E-state index in [9.17, 15) is 0 Å². The van der Waals surface area contributed by atoms with Crippen molar-refractivity contribution < 1.29 is 0 Å². The van der Waals surface area contributed by atoms with Crippen LogP contribution in [-0.2, 0) is 13.1 Å². The summed E-state index contributed by atoms with van der Waals surface area (Å²) in [6.07, 6.45) is 1.78. The third-order valence-electron chi connectivity index (χ3n) is 2.56. The van der Waals surface area contributed by atoms with Crippen LogP contribution in [0.5, 0.6) is 0 Å². The van der Waals surface area contributed by atoms with Gasteiger partial charge in [0.25, 0.3) is 0 Å². The molecule has 1 heterocycles. The molecule has 0 aliphatic heterocycles. The Morgan fingerprint density at radius 2 is 2.00 bits per heavy atom. The molecule has 2 aromatic rings. The van der Waals surface area contributed by atoms with Gasteiger partial charge < -0.3 is 5.32 Å². The maximum atomic E-state index is 6.15. The number of hydrogen-bond donors (Lipinski definition) is 1. The van der Waals surface area contributed by atoms with Gasteiger partial charge in [0.2, 0.25) is 0 Å². The van der Waals surface area contributed by atoms with E-state index in [0.29, 0.717) is 16.6 Å². The summed E-state index contributed by atoms with van der Waals surface area (Å²) in [6, 6.07) is 5.59. The minimum absolute atomic E-state index is 0.594. The molecule has 0 saturated heterocycles. The van der Waals surface area contributed by atoms with Crippen LogP contribution in [0, 0.1) is 0 Å². The van der Waals surface area contributed by atoms with Gasteiger partial charge in [-0.3, -0.25) is 4.68 Å². The van der Waals surface area contributed by atoms with Gasteiger partial charge in [0, 0.05) is 17.2 Å². The first kappa shape index (κ1) is 13.7. The molecule has 1 N–H and O–H groups in total. The van der Waals surface area contributed by atoms with Gasteiger partial charge in [0.15, 0.2) is 0 Å². The van der Waals surface area contributed by atoms with Gasteiger partial charge in [0.1, 0.15) is 0 Å². The third-order valence-corrected chi connectivity index (χ3v) is 3.61. The summed E-state index contributed by atoms with van der Waals surface area (Å²) in [4.78, 5) is 0. The van der Waals surface area contributed by atoms with E-state index < -0.39 is 0 Å². The molecule has 0 saturated carbocycles. The number of anilines is 1. The Morgan fingerprint density at radius 1 is 1.33 bits per heavy atom. The molecule has 0 atom stereocenters.